The summed E-state index contributed by atoms with van der Waals surface area (Å²) in [6, 6.07) is 0. The minimum atomic E-state index is -5.42. The van der Waals surface area contributed by atoms with Crippen molar-refractivity contribution in [2.24, 2.45) is 0 Å². The molecule has 0 amide bonds. The van der Waals surface area contributed by atoms with Crippen LogP contribution in [0.5, 0.6) is 0 Å². The number of hydrogen-bond donors (Lipinski definition) is 0. The quantitative estimate of drug-likeness (QED) is 0.486. The van der Waals surface area contributed by atoms with Gasteiger partial charge in [0.25, 0.3) is 0 Å². The van der Waals surface area contributed by atoms with Crippen LogP contribution in [0.1, 0.15) is 40.0 Å². The Morgan fingerprint density at radius 3 is 1.88 bits per heavy atom. The van der Waals surface area contributed by atoms with E-state index in [0.717, 1.165) is 6.42 Å². The van der Waals surface area contributed by atoms with Gasteiger partial charge >= 0.3 is 12.1 Å². The second kappa shape index (κ2) is 5.56. The van der Waals surface area contributed by atoms with Crippen LogP contribution in [0.15, 0.2) is 0 Å². The summed E-state index contributed by atoms with van der Waals surface area (Å²) < 4.78 is 60.3. The molecular formula is C10H17F5S. The van der Waals surface area contributed by atoms with Gasteiger partial charge in [0, 0.05) is 11.2 Å². The van der Waals surface area contributed by atoms with Gasteiger partial charge in [0.15, 0.2) is 0 Å². The van der Waals surface area contributed by atoms with E-state index in [4.69, 9.17) is 0 Å². The standard InChI is InChI=1S/C10H17F5S/c1-4-8(2,3)16-7-5-6-9(11,12)10(13,14)15/h4-7H2,1-3H3. The van der Waals surface area contributed by atoms with Crippen molar-refractivity contribution < 1.29 is 22.0 Å². The second-order valence-electron chi connectivity index (χ2n) is 4.27. The maximum atomic E-state index is 12.5. The van der Waals surface area contributed by atoms with E-state index in [1.54, 1.807) is 0 Å². The first-order valence-electron chi connectivity index (χ1n) is 5.10. The van der Waals surface area contributed by atoms with Crippen LogP contribution in [-0.2, 0) is 0 Å². The highest BCUT2D eigenvalue weighted by Gasteiger charge is 2.56. The molecule has 16 heavy (non-hydrogen) atoms. The molecule has 0 aromatic rings. The van der Waals surface area contributed by atoms with Crippen LogP contribution in [0.4, 0.5) is 22.0 Å². The van der Waals surface area contributed by atoms with Crippen molar-refractivity contribution >= 4 is 11.8 Å². The van der Waals surface area contributed by atoms with Crippen molar-refractivity contribution in [1.29, 1.82) is 0 Å². The first-order valence-corrected chi connectivity index (χ1v) is 6.09. The number of halogens is 5. The van der Waals surface area contributed by atoms with E-state index in [-0.39, 0.29) is 11.2 Å². The molecule has 0 aromatic heterocycles. The summed E-state index contributed by atoms with van der Waals surface area (Å²) >= 11 is 1.43. The van der Waals surface area contributed by atoms with Crippen molar-refractivity contribution in [2.75, 3.05) is 5.75 Å². The molecule has 0 unspecified atom stereocenters. The zero-order chi connectivity index (χ0) is 13.0. The molecule has 0 N–H and O–H groups in total. The molecule has 0 rings (SSSR count). The summed E-state index contributed by atoms with van der Waals surface area (Å²) in [4.78, 5) is 0. The molecule has 0 aromatic carbocycles. The third-order valence-electron chi connectivity index (χ3n) is 2.39. The lowest BCUT2D eigenvalue weighted by atomic mass is 10.1. The SMILES string of the molecule is CCC(C)(C)SCCCC(F)(F)C(F)(F)F. The fraction of sp³-hybridized carbons (Fsp3) is 1.00. The summed E-state index contributed by atoms with van der Waals surface area (Å²) in [7, 11) is 0. The predicted octanol–water partition coefficient (Wildman–Crippen LogP) is 4.89. The Labute approximate surface area is 97.0 Å². The molecule has 0 spiro atoms. The Morgan fingerprint density at radius 1 is 1.00 bits per heavy atom. The van der Waals surface area contributed by atoms with Crippen molar-refractivity contribution in [2.45, 2.75) is 56.9 Å². The fourth-order valence-corrected chi connectivity index (χ4v) is 1.93. The topological polar surface area (TPSA) is 0 Å². The maximum absolute atomic E-state index is 12.5. The number of thioether (sulfide) groups is 1. The van der Waals surface area contributed by atoms with Gasteiger partial charge in [-0.3, -0.25) is 0 Å². The van der Waals surface area contributed by atoms with Crippen molar-refractivity contribution in [1.82, 2.24) is 0 Å². The normalized spacial score (nSPS) is 14.2. The van der Waals surface area contributed by atoms with E-state index in [0.29, 0.717) is 5.75 Å². The molecule has 0 heterocycles. The largest absolute Gasteiger partial charge is 0.453 e. The van der Waals surface area contributed by atoms with E-state index in [2.05, 4.69) is 0 Å². The van der Waals surface area contributed by atoms with Gasteiger partial charge in [-0.1, -0.05) is 20.8 Å². The van der Waals surface area contributed by atoms with Crippen LogP contribution in [0, 0.1) is 0 Å². The Bertz CT molecular complexity index is 210. The van der Waals surface area contributed by atoms with Crippen molar-refractivity contribution in [3.63, 3.8) is 0 Å². The van der Waals surface area contributed by atoms with E-state index in [1.165, 1.54) is 11.8 Å². The molecule has 0 aliphatic heterocycles. The van der Waals surface area contributed by atoms with Crippen LogP contribution < -0.4 is 0 Å². The van der Waals surface area contributed by atoms with Gasteiger partial charge in [-0.05, 0) is 18.6 Å². The molecule has 6 heteroatoms. The van der Waals surface area contributed by atoms with E-state index < -0.39 is 18.5 Å². The lowest BCUT2D eigenvalue weighted by Crippen LogP contribution is -2.36. The lowest BCUT2D eigenvalue weighted by molar-refractivity contribution is -0.284. The van der Waals surface area contributed by atoms with Crippen LogP contribution in [0.25, 0.3) is 0 Å². The minimum absolute atomic E-state index is 0.0620. The summed E-state index contributed by atoms with van der Waals surface area (Å²) in [6.45, 7) is 5.84. The molecule has 0 aliphatic rings. The predicted molar refractivity (Wildman–Crippen MR) is 57.1 cm³/mol. The first kappa shape index (κ1) is 16.0. The second-order valence-corrected chi connectivity index (χ2v) is 6.07. The smallest absolute Gasteiger partial charge is 0.196 e. The van der Waals surface area contributed by atoms with Gasteiger partial charge in [-0.2, -0.15) is 33.7 Å². The summed E-state index contributed by atoms with van der Waals surface area (Å²) in [6.07, 6.45) is -5.81. The van der Waals surface area contributed by atoms with Crippen LogP contribution >= 0.6 is 11.8 Å². The highest BCUT2D eigenvalue weighted by atomic mass is 32.2. The monoisotopic (exact) mass is 264 g/mol. The molecule has 0 radical (unpaired) electrons. The average Bonchev–Trinajstić information content (AvgIpc) is 2.11. The van der Waals surface area contributed by atoms with Gasteiger partial charge in [-0.25, -0.2) is 0 Å². The van der Waals surface area contributed by atoms with Gasteiger partial charge in [0.1, 0.15) is 0 Å². The summed E-state index contributed by atoms with van der Waals surface area (Å²) in [5.41, 5.74) is 0. The van der Waals surface area contributed by atoms with Crippen LogP contribution in [0.2, 0.25) is 0 Å². The third-order valence-corrected chi connectivity index (χ3v) is 3.96. The Balaban J connectivity index is 3.92. The maximum Gasteiger partial charge on any atom is 0.453 e. The molecule has 0 saturated carbocycles. The number of alkyl halides is 5. The average molecular weight is 264 g/mol. The Hall–Kier alpha value is -0.0000000000000000555. The van der Waals surface area contributed by atoms with E-state index >= 15 is 0 Å². The molecule has 0 aliphatic carbocycles. The third kappa shape index (κ3) is 5.37. The molecule has 0 nitrogen and oxygen atoms in total. The molecule has 0 atom stereocenters. The van der Waals surface area contributed by atoms with Crippen molar-refractivity contribution in [3.05, 3.63) is 0 Å². The highest BCUT2D eigenvalue weighted by molar-refractivity contribution is 8.00. The Morgan fingerprint density at radius 2 is 1.50 bits per heavy atom. The number of hydrogen-bond acceptors (Lipinski definition) is 1. The van der Waals surface area contributed by atoms with E-state index in [1.807, 2.05) is 20.8 Å². The first-order chi connectivity index (χ1) is 7.02. The van der Waals surface area contributed by atoms with E-state index in [9.17, 15) is 22.0 Å². The summed E-state index contributed by atoms with van der Waals surface area (Å²) in [5.74, 6) is -4.23. The zero-order valence-corrected chi connectivity index (χ0v) is 10.4. The number of rotatable bonds is 6. The van der Waals surface area contributed by atoms with Crippen LogP contribution in [-0.4, -0.2) is 22.6 Å². The molecule has 0 bridgehead atoms. The van der Waals surface area contributed by atoms with Gasteiger partial charge in [0.05, 0.1) is 0 Å². The molecular weight excluding hydrogens is 247 g/mol. The molecule has 0 saturated heterocycles. The van der Waals surface area contributed by atoms with Gasteiger partial charge < -0.3 is 0 Å². The molecule has 0 fully saturated rings. The molecule has 98 valence electrons. The lowest BCUT2D eigenvalue weighted by Gasteiger charge is -2.23. The minimum Gasteiger partial charge on any atom is -0.196 e. The van der Waals surface area contributed by atoms with Crippen molar-refractivity contribution in [3.8, 4) is 0 Å². The zero-order valence-electron chi connectivity index (χ0n) is 9.63. The van der Waals surface area contributed by atoms with Gasteiger partial charge in [0.2, 0.25) is 0 Å². The van der Waals surface area contributed by atoms with Crippen LogP contribution in [0.3, 0.4) is 0 Å². The summed E-state index contributed by atoms with van der Waals surface area (Å²) in [5, 5.41) is 0. The highest BCUT2D eigenvalue weighted by Crippen LogP contribution is 2.39. The van der Waals surface area contributed by atoms with Gasteiger partial charge in [-0.15, -0.1) is 0 Å². The Kier molecular flexibility index (Phi) is 5.56. The fourth-order valence-electron chi connectivity index (χ4n) is 0.886.